The van der Waals surface area contributed by atoms with Crippen LogP contribution in [0.15, 0.2) is 47.5 Å². The van der Waals surface area contributed by atoms with Crippen LogP contribution in [0, 0.1) is 23.3 Å². The van der Waals surface area contributed by atoms with Gasteiger partial charge in [0.1, 0.15) is 0 Å². The molecule has 3 rings (SSSR count). The maximum Gasteiger partial charge on any atom is 0.416 e. The number of nitriles is 1. The SMILES string of the molecule is COc1ccc(C(C#Cc2cccc(C(F)(F)F)c2)CN=C(N)NC#N)cc1OC1CCCC1. The van der Waals surface area contributed by atoms with Crippen LogP contribution < -0.4 is 20.5 Å². The van der Waals surface area contributed by atoms with Crippen molar-refractivity contribution in [1.82, 2.24) is 5.32 Å². The van der Waals surface area contributed by atoms with Gasteiger partial charge in [0.05, 0.1) is 31.2 Å². The van der Waals surface area contributed by atoms with Gasteiger partial charge < -0.3 is 15.2 Å². The Bertz CT molecular complexity index is 1120. The van der Waals surface area contributed by atoms with Crippen molar-refractivity contribution in [3.8, 4) is 29.5 Å². The second kappa shape index (κ2) is 11.3. The van der Waals surface area contributed by atoms with Crippen LogP contribution in [0.2, 0.25) is 0 Å². The Morgan fingerprint density at radius 1 is 1.21 bits per heavy atom. The highest BCUT2D eigenvalue weighted by Gasteiger charge is 2.30. The van der Waals surface area contributed by atoms with E-state index in [-0.39, 0.29) is 24.2 Å². The molecular formula is C25H25F3N4O2. The number of hydrogen-bond acceptors (Lipinski definition) is 4. The number of benzene rings is 2. The summed E-state index contributed by atoms with van der Waals surface area (Å²) in [4.78, 5) is 4.14. The van der Waals surface area contributed by atoms with Crippen molar-refractivity contribution in [2.75, 3.05) is 13.7 Å². The molecular weight excluding hydrogens is 445 g/mol. The van der Waals surface area contributed by atoms with Gasteiger partial charge in [0.15, 0.2) is 17.7 Å². The van der Waals surface area contributed by atoms with Crippen LogP contribution in [0.1, 0.15) is 48.3 Å². The Hall–Kier alpha value is -3.85. The lowest BCUT2D eigenvalue weighted by molar-refractivity contribution is -0.137. The molecule has 9 heteroatoms. The highest BCUT2D eigenvalue weighted by atomic mass is 19.4. The Labute approximate surface area is 196 Å². The number of nitrogens with two attached hydrogens (primary N) is 1. The molecule has 0 radical (unpaired) electrons. The highest BCUT2D eigenvalue weighted by Crippen LogP contribution is 2.34. The van der Waals surface area contributed by atoms with E-state index in [9.17, 15) is 13.2 Å². The van der Waals surface area contributed by atoms with E-state index in [1.165, 1.54) is 12.1 Å². The first-order valence-electron chi connectivity index (χ1n) is 10.8. The summed E-state index contributed by atoms with van der Waals surface area (Å²) in [7, 11) is 1.56. The predicted octanol–water partition coefficient (Wildman–Crippen LogP) is 4.56. The number of aliphatic imine (C=N–C) groups is 1. The van der Waals surface area contributed by atoms with Gasteiger partial charge >= 0.3 is 6.18 Å². The van der Waals surface area contributed by atoms with Gasteiger partial charge in [-0.3, -0.25) is 10.3 Å². The highest BCUT2D eigenvalue weighted by molar-refractivity contribution is 5.79. The van der Waals surface area contributed by atoms with Gasteiger partial charge in [-0.05, 0) is 61.6 Å². The van der Waals surface area contributed by atoms with Crippen molar-refractivity contribution in [3.05, 3.63) is 59.2 Å². The maximum absolute atomic E-state index is 13.1. The molecule has 1 aliphatic rings. The minimum Gasteiger partial charge on any atom is -0.493 e. The molecule has 2 aromatic rings. The first kappa shape index (κ1) is 24.8. The van der Waals surface area contributed by atoms with Crippen molar-refractivity contribution >= 4 is 5.96 Å². The minimum atomic E-state index is -4.46. The van der Waals surface area contributed by atoms with Crippen molar-refractivity contribution < 1.29 is 22.6 Å². The molecule has 6 nitrogen and oxygen atoms in total. The van der Waals surface area contributed by atoms with Crippen LogP contribution >= 0.6 is 0 Å². The quantitative estimate of drug-likeness (QED) is 0.212. The number of halogens is 3. The normalized spacial score (nSPS) is 15.1. The third-order valence-corrected chi connectivity index (χ3v) is 5.39. The maximum atomic E-state index is 13.1. The molecule has 0 amide bonds. The molecule has 0 saturated heterocycles. The van der Waals surface area contributed by atoms with Crippen LogP contribution in [0.5, 0.6) is 11.5 Å². The fraction of sp³-hybridized carbons (Fsp3) is 0.360. The fourth-order valence-corrected chi connectivity index (χ4v) is 3.65. The lowest BCUT2D eigenvalue weighted by atomic mass is 9.98. The molecule has 34 heavy (non-hydrogen) atoms. The average molecular weight is 470 g/mol. The zero-order chi connectivity index (χ0) is 24.6. The van der Waals surface area contributed by atoms with E-state index < -0.39 is 17.7 Å². The Kier molecular flexibility index (Phi) is 8.26. The van der Waals surface area contributed by atoms with E-state index in [0.717, 1.165) is 43.4 Å². The van der Waals surface area contributed by atoms with Gasteiger partial charge in [0.25, 0.3) is 0 Å². The van der Waals surface area contributed by atoms with Gasteiger partial charge in [0.2, 0.25) is 5.96 Å². The van der Waals surface area contributed by atoms with Crippen molar-refractivity contribution in [1.29, 1.82) is 5.26 Å². The van der Waals surface area contributed by atoms with Crippen LogP contribution in [0.25, 0.3) is 0 Å². The summed E-state index contributed by atoms with van der Waals surface area (Å²) in [6.07, 6.45) is 1.48. The van der Waals surface area contributed by atoms with E-state index in [2.05, 4.69) is 22.2 Å². The zero-order valence-corrected chi connectivity index (χ0v) is 18.7. The molecule has 1 atom stereocenters. The molecule has 0 aliphatic heterocycles. The monoisotopic (exact) mass is 470 g/mol. The summed E-state index contributed by atoms with van der Waals surface area (Å²) in [6, 6.07) is 10.2. The second-order valence-corrected chi connectivity index (χ2v) is 7.80. The molecule has 0 bridgehead atoms. The van der Waals surface area contributed by atoms with Crippen molar-refractivity contribution in [2.45, 2.75) is 43.9 Å². The smallest absolute Gasteiger partial charge is 0.416 e. The third-order valence-electron chi connectivity index (χ3n) is 5.39. The number of ether oxygens (including phenoxy) is 2. The number of rotatable bonds is 6. The van der Waals surface area contributed by atoms with Gasteiger partial charge in [-0.1, -0.05) is 24.0 Å². The minimum absolute atomic E-state index is 0.0793. The van der Waals surface area contributed by atoms with Crippen molar-refractivity contribution in [2.24, 2.45) is 10.7 Å². The molecule has 178 valence electrons. The Balaban J connectivity index is 1.94. The third kappa shape index (κ3) is 6.82. The van der Waals surface area contributed by atoms with E-state index in [4.69, 9.17) is 20.5 Å². The summed E-state index contributed by atoms with van der Waals surface area (Å²) in [5, 5.41) is 11.0. The molecule has 1 saturated carbocycles. The molecule has 1 unspecified atom stereocenters. The summed E-state index contributed by atoms with van der Waals surface area (Å²) in [5.74, 6) is 6.36. The first-order valence-corrected chi connectivity index (χ1v) is 10.8. The average Bonchev–Trinajstić information content (AvgIpc) is 3.32. The van der Waals surface area contributed by atoms with E-state index in [1.807, 2.05) is 6.07 Å². The van der Waals surface area contributed by atoms with Gasteiger partial charge in [-0.15, -0.1) is 0 Å². The molecule has 0 aromatic heterocycles. The largest absolute Gasteiger partial charge is 0.493 e. The van der Waals surface area contributed by atoms with Crippen molar-refractivity contribution in [3.63, 3.8) is 0 Å². The Morgan fingerprint density at radius 2 is 1.97 bits per heavy atom. The topological polar surface area (TPSA) is 92.7 Å². The molecule has 1 aliphatic carbocycles. The number of guanidine groups is 1. The molecule has 1 fully saturated rings. The fourth-order valence-electron chi connectivity index (χ4n) is 3.65. The van der Waals surface area contributed by atoms with Crippen LogP contribution in [-0.4, -0.2) is 25.7 Å². The first-order chi connectivity index (χ1) is 16.3. The lowest BCUT2D eigenvalue weighted by Gasteiger charge is -2.18. The number of hydrogen-bond donors (Lipinski definition) is 2. The molecule has 2 aromatic carbocycles. The zero-order valence-electron chi connectivity index (χ0n) is 18.7. The van der Waals surface area contributed by atoms with Crippen LogP contribution in [-0.2, 0) is 6.18 Å². The van der Waals surface area contributed by atoms with E-state index >= 15 is 0 Å². The standard InChI is InChI=1S/C25H25F3N4O2/c1-33-22-12-11-18(14-23(22)34-21-7-2-3-8-21)19(15-31-24(30)32-16-29)10-9-17-5-4-6-20(13-17)25(26,27)28/h4-6,11-14,19,21H,2-3,7-8,15H2,1H3,(H3,30,31,32). The number of methoxy groups -OCH3 is 1. The van der Waals surface area contributed by atoms with Gasteiger partial charge in [-0.2, -0.15) is 18.4 Å². The predicted molar refractivity (Wildman–Crippen MR) is 122 cm³/mol. The summed E-state index contributed by atoms with van der Waals surface area (Å²) in [6.45, 7) is 0.0850. The Morgan fingerprint density at radius 3 is 2.65 bits per heavy atom. The van der Waals surface area contributed by atoms with E-state index in [1.54, 1.807) is 25.4 Å². The number of alkyl halides is 3. The number of nitrogens with zero attached hydrogens (tertiary/aromatic N) is 2. The van der Waals surface area contributed by atoms with E-state index in [0.29, 0.717) is 11.5 Å². The number of nitrogens with one attached hydrogen (secondary N) is 1. The van der Waals surface area contributed by atoms with Gasteiger partial charge in [-0.25, -0.2) is 0 Å². The summed E-state index contributed by atoms with van der Waals surface area (Å²) in [5.41, 5.74) is 5.86. The van der Waals surface area contributed by atoms with Crippen LogP contribution in [0.3, 0.4) is 0 Å². The lowest BCUT2D eigenvalue weighted by Crippen LogP contribution is -2.28. The summed E-state index contributed by atoms with van der Waals surface area (Å²) < 4.78 is 50.8. The van der Waals surface area contributed by atoms with Crippen LogP contribution in [0.4, 0.5) is 13.2 Å². The second-order valence-electron chi connectivity index (χ2n) is 7.80. The molecule has 0 spiro atoms. The molecule has 0 heterocycles. The summed E-state index contributed by atoms with van der Waals surface area (Å²) >= 11 is 0. The molecule has 3 N–H and O–H groups in total. The van der Waals surface area contributed by atoms with Gasteiger partial charge in [0, 0.05) is 5.56 Å².